The molecule has 0 radical (unpaired) electrons. The summed E-state index contributed by atoms with van der Waals surface area (Å²) in [5.41, 5.74) is 0.185. The molecule has 1 atom stereocenters. The average molecular weight is 296 g/mol. The van der Waals surface area contributed by atoms with Gasteiger partial charge in [-0.05, 0) is 12.5 Å². The second-order valence-electron chi connectivity index (χ2n) is 3.26. The van der Waals surface area contributed by atoms with E-state index >= 15 is 0 Å². The number of carbonyl (C=O) groups excluding carboxylic acids is 1. The van der Waals surface area contributed by atoms with E-state index in [9.17, 15) is 9.00 Å². The normalized spacial score (nSPS) is 12.2. The molecule has 1 N–H and O–H groups in total. The predicted molar refractivity (Wildman–Crippen MR) is 67.9 cm³/mol. The maximum atomic E-state index is 11.7. The standard InChI is InChI=1S/C9H11Cl2N3O2S/c1-17(16)4-2-3-12-9(15)6-5-7(10)13-14-8(6)11/h5H,2-4H2,1H3,(H,12,15). The highest BCUT2D eigenvalue weighted by atomic mass is 35.5. The molecule has 5 nitrogen and oxygen atoms in total. The van der Waals surface area contributed by atoms with Crippen molar-refractivity contribution in [1.29, 1.82) is 0 Å². The number of hydrogen-bond acceptors (Lipinski definition) is 4. The Morgan fingerprint density at radius 1 is 1.47 bits per heavy atom. The Labute approximate surface area is 111 Å². The number of carbonyl (C=O) groups is 1. The lowest BCUT2D eigenvalue weighted by Gasteiger charge is -2.05. The van der Waals surface area contributed by atoms with Crippen molar-refractivity contribution in [2.45, 2.75) is 6.42 Å². The quantitative estimate of drug-likeness (QED) is 0.831. The number of nitrogens with one attached hydrogen (secondary N) is 1. The summed E-state index contributed by atoms with van der Waals surface area (Å²) in [5, 5.41) is 9.78. The largest absolute Gasteiger partial charge is 0.352 e. The minimum Gasteiger partial charge on any atom is -0.352 e. The highest BCUT2D eigenvalue weighted by Crippen LogP contribution is 2.14. The molecule has 0 aromatic carbocycles. The minimum absolute atomic E-state index is 0.00553. The molecule has 17 heavy (non-hydrogen) atoms. The van der Waals surface area contributed by atoms with Crippen LogP contribution in [-0.4, -0.2) is 38.9 Å². The number of amides is 1. The molecule has 1 aromatic heterocycles. The van der Waals surface area contributed by atoms with Gasteiger partial charge in [0.05, 0.1) is 5.56 Å². The van der Waals surface area contributed by atoms with Crippen LogP contribution in [0.4, 0.5) is 0 Å². The lowest BCUT2D eigenvalue weighted by atomic mass is 10.3. The van der Waals surface area contributed by atoms with Crippen molar-refractivity contribution < 1.29 is 9.00 Å². The molecule has 1 aromatic rings. The summed E-state index contributed by atoms with van der Waals surface area (Å²) in [6.07, 6.45) is 2.25. The zero-order valence-corrected chi connectivity index (χ0v) is 11.4. The number of rotatable bonds is 5. The third-order valence-electron chi connectivity index (χ3n) is 1.86. The first-order chi connectivity index (χ1) is 8.00. The van der Waals surface area contributed by atoms with Crippen LogP contribution in [0.25, 0.3) is 0 Å². The molecular formula is C9H11Cl2N3O2S. The second kappa shape index (κ2) is 6.88. The van der Waals surface area contributed by atoms with Gasteiger partial charge in [0.15, 0.2) is 10.3 Å². The van der Waals surface area contributed by atoms with Crippen molar-refractivity contribution in [3.63, 3.8) is 0 Å². The molecule has 94 valence electrons. The van der Waals surface area contributed by atoms with Crippen LogP contribution in [-0.2, 0) is 10.8 Å². The number of nitrogens with zero attached hydrogens (tertiary/aromatic N) is 2. The van der Waals surface area contributed by atoms with E-state index in [1.54, 1.807) is 6.26 Å². The smallest absolute Gasteiger partial charge is 0.254 e. The minimum atomic E-state index is -0.854. The van der Waals surface area contributed by atoms with Crippen LogP contribution < -0.4 is 5.32 Å². The van der Waals surface area contributed by atoms with Crippen molar-refractivity contribution >= 4 is 39.9 Å². The van der Waals surface area contributed by atoms with E-state index in [-0.39, 0.29) is 21.8 Å². The molecule has 1 heterocycles. The van der Waals surface area contributed by atoms with E-state index in [1.165, 1.54) is 6.07 Å². The molecule has 1 rings (SSSR count). The third kappa shape index (κ3) is 4.97. The van der Waals surface area contributed by atoms with Crippen LogP contribution in [0.15, 0.2) is 6.07 Å². The Bertz CT molecular complexity index is 442. The Balaban J connectivity index is 2.52. The summed E-state index contributed by atoms with van der Waals surface area (Å²) >= 11 is 11.3. The molecule has 0 bridgehead atoms. The van der Waals surface area contributed by atoms with E-state index in [1.807, 2.05) is 0 Å². The van der Waals surface area contributed by atoms with Gasteiger partial charge in [0.1, 0.15) is 0 Å². The van der Waals surface area contributed by atoms with Gasteiger partial charge in [0, 0.05) is 29.4 Å². The van der Waals surface area contributed by atoms with E-state index in [2.05, 4.69) is 15.5 Å². The summed E-state index contributed by atoms with van der Waals surface area (Å²) in [5.74, 6) is 0.178. The van der Waals surface area contributed by atoms with Crippen LogP contribution in [0.1, 0.15) is 16.8 Å². The second-order valence-corrected chi connectivity index (χ2v) is 5.56. The Hall–Kier alpha value is -0.720. The lowest BCUT2D eigenvalue weighted by Crippen LogP contribution is -2.26. The van der Waals surface area contributed by atoms with Crippen LogP contribution >= 0.6 is 23.2 Å². The molecule has 0 saturated heterocycles. The Morgan fingerprint density at radius 2 is 2.18 bits per heavy atom. The van der Waals surface area contributed by atoms with Gasteiger partial charge in [-0.3, -0.25) is 9.00 Å². The van der Waals surface area contributed by atoms with E-state index in [0.717, 1.165) is 0 Å². The molecule has 0 aliphatic carbocycles. The topological polar surface area (TPSA) is 72.0 Å². The van der Waals surface area contributed by atoms with E-state index < -0.39 is 10.8 Å². The van der Waals surface area contributed by atoms with Gasteiger partial charge >= 0.3 is 0 Å². The summed E-state index contributed by atoms with van der Waals surface area (Å²) in [6, 6.07) is 1.35. The van der Waals surface area contributed by atoms with Crippen molar-refractivity contribution in [2.75, 3.05) is 18.6 Å². The van der Waals surface area contributed by atoms with E-state index in [0.29, 0.717) is 18.7 Å². The van der Waals surface area contributed by atoms with Gasteiger partial charge in [0.2, 0.25) is 0 Å². The van der Waals surface area contributed by atoms with Gasteiger partial charge in [-0.1, -0.05) is 23.2 Å². The summed E-state index contributed by atoms with van der Waals surface area (Å²) < 4.78 is 10.8. The predicted octanol–water partition coefficient (Wildman–Crippen LogP) is 1.28. The van der Waals surface area contributed by atoms with Gasteiger partial charge in [-0.15, -0.1) is 10.2 Å². The lowest BCUT2D eigenvalue weighted by molar-refractivity contribution is 0.0953. The fourth-order valence-electron chi connectivity index (χ4n) is 1.08. The first-order valence-corrected chi connectivity index (χ1v) is 7.26. The van der Waals surface area contributed by atoms with Crippen LogP contribution in [0, 0.1) is 0 Å². The molecule has 1 amide bonds. The fourth-order valence-corrected chi connectivity index (χ4v) is 1.96. The SMILES string of the molecule is CS(=O)CCCNC(=O)c1cc(Cl)nnc1Cl. The maximum Gasteiger partial charge on any atom is 0.254 e. The molecule has 0 aliphatic heterocycles. The number of halogens is 2. The van der Waals surface area contributed by atoms with Crippen molar-refractivity contribution in [2.24, 2.45) is 0 Å². The van der Waals surface area contributed by atoms with Gasteiger partial charge in [-0.25, -0.2) is 0 Å². The zero-order chi connectivity index (χ0) is 12.8. The van der Waals surface area contributed by atoms with Gasteiger partial charge in [0.25, 0.3) is 5.91 Å². The molecule has 0 spiro atoms. The van der Waals surface area contributed by atoms with E-state index in [4.69, 9.17) is 23.2 Å². The Morgan fingerprint density at radius 3 is 2.82 bits per heavy atom. The monoisotopic (exact) mass is 295 g/mol. The third-order valence-corrected chi connectivity index (χ3v) is 3.19. The fraction of sp³-hybridized carbons (Fsp3) is 0.444. The maximum absolute atomic E-state index is 11.7. The molecule has 8 heteroatoms. The molecule has 0 aliphatic rings. The van der Waals surface area contributed by atoms with Crippen LogP contribution in [0.2, 0.25) is 10.3 Å². The highest BCUT2D eigenvalue weighted by molar-refractivity contribution is 7.84. The Kier molecular flexibility index (Phi) is 5.80. The first kappa shape index (κ1) is 14.3. The zero-order valence-electron chi connectivity index (χ0n) is 9.07. The summed E-state index contributed by atoms with van der Waals surface area (Å²) in [4.78, 5) is 11.7. The number of hydrogen-bond donors (Lipinski definition) is 1. The molecule has 1 unspecified atom stereocenters. The van der Waals surface area contributed by atoms with Gasteiger partial charge < -0.3 is 5.32 Å². The first-order valence-electron chi connectivity index (χ1n) is 4.77. The van der Waals surface area contributed by atoms with Gasteiger partial charge in [-0.2, -0.15) is 0 Å². The molecular weight excluding hydrogens is 285 g/mol. The van der Waals surface area contributed by atoms with Crippen LogP contribution in [0.3, 0.4) is 0 Å². The molecule has 0 saturated carbocycles. The highest BCUT2D eigenvalue weighted by Gasteiger charge is 2.12. The average Bonchev–Trinajstić information content (AvgIpc) is 2.27. The van der Waals surface area contributed by atoms with Crippen molar-refractivity contribution in [3.8, 4) is 0 Å². The van der Waals surface area contributed by atoms with Crippen molar-refractivity contribution in [1.82, 2.24) is 15.5 Å². The van der Waals surface area contributed by atoms with Crippen LogP contribution in [0.5, 0.6) is 0 Å². The summed E-state index contributed by atoms with van der Waals surface area (Å²) in [7, 11) is -0.854. The molecule has 0 fully saturated rings. The summed E-state index contributed by atoms with van der Waals surface area (Å²) in [6.45, 7) is 0.425. The number of aromatic nitrogens is 2. The van der Waals surface area contributed by atoms with Crippen molar-refractivity contribution in [3.05, 3.63) is 21.9 Å².